The number of aromatic nitrogens is 5. The molecule has 102 valence electrons. The quantitative estimate of drug-likeness (QED) is 0.577. The van der Waals surface area contributed by atoms with Gasteiger partial charge in [0.1, 0.15) is 10.5 Å². The smallest absolute Gasteiger partial charge is 0.126 e. The highest BCUT2D eigenvalue weighted by molar-refractivity contribution is 7.78. The molecule has 4 rings (SSSR count). The molecule has 0 saturated carbocycles. The number of thiazole rings is 1. The molecule has 0 aliphatic rings. The molecule has 0 radical (unpaired) electrons. The Bertz CT molecular complexity index is 913. The lowest BCUT2D eigenvalue weighted by Crippen LogP contribution is -1.81. The largest absolute Gasteiger partial charge is 0.264 e. The monoisotopic (exact) mass is 311 g/mol. The van der Waals surface area contributed by atoms with Crippen molar-refractivity contribution in [2.24, 2.45) is 0 Å². The first-order valence-electron chi connectivity index (χ1n) is 6.21. The number of rotatable bonds is 2. The molecule has 21 heavy (non-hydrogen) atoms. The lowest BCUT2D eigenvalue weighted by atomic mass is 10.2. The lowest BCUT2D eigenvalue weighted by molar-refractivity contribution is 1.02. The second kappa shape index (κ2) is 4.94. The molecule has 0 bridgehead atoms. The number of nitrogens with zero attached hydrogens (tertiary/aromatic N) is 5. The van der Waals surface area contributed by atoms with Gasteiger partial charge in [0.15, 0.2) is 0 Å². The summed E-state index contributed by atoms with van der Waals surface area (Å²) in [6, 6.07) is 5.94. The van der Waals surface area contributed by atoms with Gasteiger partial charge in [0.05, 0.1) is 22.8 Å². The fraction of sp³-hybridized carbons (Fsp3) is 0. The fourth-order valence-corrected chi connectivity index (χ4v) is 3.19. The standard InChI is InChI=1S/C14H9N5S2/c20-19-8-10(6-17-19)11-4-13-12(7-16-11)18-14(21-13)9-2-1-3-15-5-9/h1-8,20H. The number of hydrogen-bond acceptors (Lipinski definition) is 6. The predicted octanol–water partition coefficient (Wildman–Crippen LogP) is 3.31. The van der Waals surface area contributed by atoms with Gasteiger partial charge in [-0.15, -0.1) is 11.3 Å². The molecule has 0 aliphatic carbocycles. The van der Waals surface area contributed by atoms with Crippen molar-refractivity contribution in [1.82, 2.24) is 24.1 Å². The zero-order valence-electron chi connectivity index (χ0n) is 10.7. The van der Waals surface area contributed by atoms with E-state index < -0.39 is 0 Å². The van der Waals surface area contributed by atoms with Crippen molar-refractivity contribution in [2.75, 3.05) is 0 Å². The van der Waals surface area contributed by atoms with Gasteiger partial charge in [0, 0.05) is 29.7 Å². The molecule has 7 heteroatoms. The Balaban J connectivity index is 1.82. The van der Waals surface area contributed by atoms with Crippen LogP contribution in [0.3, 0.4) is 0 Å². The van der Waals surface area contributed by atoms with Crippen LogP contribution in [-0.2, 0) is 0 Å². The zero-order valence-corrected chi connectivity index (χ0v) is 12.4. The minimum atomic E-state index is 0.865. The number of pyridine rings is 2. The van der Waals surface area contributed by atoms with Crippen LogP contribution >= 0.6 is 24.2 Å². The highest BCUT2D eigenvalue weighted by atomic mass is 32.1. The average Bonchev–Trinajstić information content (AvgIpc) is 3.13. The van der Waals surface area contributed by atoms with E-state index in [2.05, 4.69) is 32.9 Å². The summed E-state index contributed by atoms with van der Waals surface area (Å²) in [5.74, 6) is 0. The van der Waals surface area contributed by atoms with E-state index in [-0.39, 0.29) is 0 Å². The van der Waals surface area contributed by atoms with Crippen molar-refractivity contribution in [3.05, 3.63) is 49.2 Å². The molecule has 0 fully saturated rings. The molecule has 0 saturated heterocycles. The van der Waals surface area contributed by atoms with Crippen LogP contribution in [0.25, 0.3) is 32.0 Å². The summed E-state index contributed by atoms with van der Waals surface area (Å²) in [5, 5.41) is 4.99. The summed E-state index contributed by atoms with van der Waals surface area (Å²) >= 11 is 5.77. The van der Waals surface area contributed by atoms with E-state index in [1.54, 1.807) is 29.9 Å². The number of fused-ring (bicyclic) bond motifs is 1. The fourth-order valence-electron chi connectivity index (χ4n) is 2.05. The summed E-state index contributed by atoms with van der Waals surface area (Å²) in [7, 11) is 0. The van der Waals surface area contributed by atoms with E-state index >= 15 is 0 Å². The van der Waals surface area contributed by atoms with Crippen LogP contribution in [0, 0.1) is 0 Å². The van der Waals surface area contributed by atoms with Crippen molar-refractivity contribution >= 4 is 34.4 Å². The van der Waals surface area contributed by atoms with Crippen LogP contribution in [0.5, 0.6) is 0 Å². The SMILES string of the molecule is Sn1cc(-c2cc3sc(-c4cccnc4)nc3cn2)cn1. The van der Waals surface area contributed by atoms with Gasteiger partial charge in [-0.1, -0.05) is 0 Å². The minimum Gasteiger partial charge on any atom is -0.264 e. The Labute approximate surface area is 129 Å². The third-order valence-electron chi connectivity index (χ3n) is 3.05. The van der Waals surface area contributed by atoms with Crippen LogP contribution in [-0.4, -0.2) is 24.1 Å². The molecule has 0 spiro atoms. The topological polar surface area (TPSA) is 56.5 Å². The lowest BCUT2D eigenvalue weighted by Gasteiger charge is -1.94. The maximum atomic E-state index is 4.60. The Morgan fingerprint density at radius 3 is 2.86 bits per heavy atom. The third-order valence-corrected chi connectivity index (χ3v) is 4.33. The summed E-state index contributed by atoms with van der Waals surface area (Å²) in [6.07, 6.45) is 8.92. The maximum Gasteiger partial charge on any atom is 0.126 e. The van der Waals surface area contributed by atoms with E-state index in [9.17, 15) is 0 Å². The van der Waals surface area contributed by atoms with Crippen LogP contribution in [0.15, 0.2) is 49.2 Å². The number of thiol groups is 1. The Morgan fingerprint density at radius 2 is 2.10 bits per heavy atom. The molecule has 0 unspecified atom stereocenters. The number of hydrogen-bond donors (Lipinski definition) is 1. The average molecular weight is 311 g/mol. The molecule has 4 aromatic rings. The molecular formula is C14H9N5S2. The van der Waals surface area contributed by atoms with Gasteiger partial charge in [-0.05, 0) is 31.0 Å². The molecular weight excluding hydrogens is 302 g/mol. The van der Waals surface area contributed by atoms with E-state index in [4.69, 9.17) is 0 Å². The highest BCUT2D eigenvalue weighted by Gasteiger charge is 2.09. The summed E-state index contributed by atoms with van der Waals surface area (Å²) in [5.41, 5.74) is 3.71. The van der Waals surface area contributed by atoms with Gasteiger partial charge in [-0.2, -0.15) is 5.10 Å². The van der Waals surface area contributed by atoms with Crippen molar-refractivity contribution < 1.29 is 0 Å². The van der Waals surface area contributed by atoms with E-state index in [1.807, 2.05) is 30.6 Å². The van der Waals surface area contributed by atoms with Crippen LogP contribution in [0.4, 0.5) is 0 Å². The van der Waals surface area contributed by atoms with Crippen molar-refractivity contribution in [3.63, 3.8) is 0 Å². The zero-order chi connectivity index (χ0) is 14.2. The molecule has 5 nitrogen and oxygen atoms in total. The Kier molecular flexibility index (Phi) is 2.94. The molecule has 0 N–H and O–H groups in total. The van der Waals surface area contributed by atoms with Crippen LogP contribution in [0.1, 0.15) is 0 Å². The van der Waals surface area contributed by atoms with Gasteiger partial charge in [-0.25, -0.2) is 9.07 Å². The first-order valence-corrected chi connectivity index (χ1v) is 7.42. The maximum absolute atomic E-state index is 4.60. The second-order valence-corrected chi connectivity index (χ2v) is 5.89. The minimum absolute atomic E-state index is 0.865. The van der Waals surface area contributed by atoms with Crippen LogP contribution in [0.2, 0.25) is 0 Å². The molecule has 0 amide bonds. The van der Waals surface area contributed by atoms with Crippen molar-refractivity contribution in [2.45, 2.75) is 0 Å². The van der Waals surface area contributed by atoms with Crippen molar-refractivity contribution in [3.8, 4) is 21.8 Å². The predicted molar refractivity (Wildman–Crippen MR) is 86.3 cm³/mol. The first-order chi connectivity index (χ1) is 10.3. The first kappa shape index (κ1) is 12.5. The van der Waals surface area contributed by atoms with Crippen LogP contribution < -0.4 is 0 Å². The van der Waals surface area contributed by atoms with E-state index in [0.29, 0.717) is 0 Å². The van der Waals surface area contributed by atoms with Crippen molar-refractivity contribution in [1.29, 1.82) is 0 Å². The molecule has 0 aliphatic heterocycles. The Morgan fingerprint density at radius 1 is 1.14 bits per heavy atom. The summed E-state index contributed by atoms with van der Waals surface area (Å²) in [4.78, 5) is 13.2. The van der Waals surface area contributed by atoms with Gasteiger partial charge >= 0.3 is 0 Å². The molecule has 4 heterocycles. The van der Waals surface area contributed by atoms with Gasteiger partial charge in [0.2, 0.25) is 0 Å². The van der Waals surface area contributed by atoms with E-state index in [1.165, 1.54) is 4.09 Å². The van der Waals surface area contributed by atoms with Gasteiger partial charge in [-0.3, -0.25) is 9.97 Å². The molecule has 0 atom stereocenters. The highest BCUT2D eigenvalue weighted by Crippen LogP contribution is 2.31. The molecule has 0 aromatic carbocycles. The summed E-state index contributed by atoms with van der Waals surface area (Å²) < 4.78 is 2.56. The molecule has 4 aromatic heterocycles. The summed E-state index contributed by atoms with van der Waals surface area (Å²) in [6.45, 7) is 0. The van der Waals surface area contributed by atoms with E-state index in [0.717, 1.165) is 32.0 Å². The Hall–Kier alpha value is -2.25. The third kappa shape index (κ3) is 2.30. The normalized spacial score (nSPS) is 11.1. The second-order valence-electron chi connectivity index (χ2n) is 4.45. The van der Waals surface area contributed by atoms with Gasteiger partial charge < -0.3 is 0 Å². The van der Waals surface area contributed by atoms with Gasteiger partial charge in [0.25, 0.3) is 0 Å².